The molecule has 21 heavy (non-hydrogen) atoms. The van der Waals surface area contributed by atoms with Crippen molar-refractivity contribution in [2.24, 2.45) is 17.4 Å². The summed E-state index contributed by atoms with van der Waals surface area (Å²) in [6, 6.07) is 0. The highest BCUT2D eigenvalue weighted by atomic mass is 16.2. The summed E-state index contributed by atoms with van der Waals surface area (Å²) in [5.41, 5.74) is 10.7. The van der Waals surface area contributed by atoms with Gasteiger partial charge in [-0.3, -0.25) is 9.59 Å². The van der Waals surface area contributed by atoms with E-state index < -0.39 is 0 Å². The molecule has 7 heteroatoms. The molecular formula is C14H31N5O2. The Hall–Kier alpha value is -1.18. The molecular weight excluding hydrogens is 270 g/mol. The molecule has 0 unspecified atom stereocenters. The molecule has 0 saturated carbocycles. The maximum absolute atomic E-state index is 11.6. The maximum Gasteiger partial charge on any atom is 0.221 e. The monoisotopic (exact) mass is 301 g/mol. The fourth-order valence-corrected chi connectivity index (χ4v) is 1.93. The van der Waals surface area contributed by atoms with Gasteiger partial charge < -0.3 is 27.0 Å². The highest BCUT2D eigenvalue weighted by Gasteiger charge is 2.11. The van der Waals surface area contributed by atoms with Crippen molar-refractivity contribution in [2.45, 2.75) is 26.7 Å². The lowest BCUT2D eigenvalue weighted by Gasteiger charge is -2.23. The van der Waals surface area contributed by atoms with Crippen molar-refractivity contribution in [1.29, 1.82) is 0 Å². The summed E-state index contributed by atoms with van der Waals surface area (Å²) < 4.78 is 0. The standard InChI is InChI=1S/C14H31N5O2/c1-12(2)11-19(9-3-13(20)17-7-5-15)10-4-14(21)18-8-6-16/h12H,3-11,15-16H2,1-2H3,(H,17,20)(H,18,21). The molecule has 0 atom stereocenters. The molecule has 0 aromatic heterocycles. The van der Waals surface area contributed by atoms with Gasteiger partial charge in [-0.1, -0.05) is 13.8 Å². The molecule has 0 saturated heterocycles. The second-order valence-corrected chi connectivity index (χ2v) is 5.47. The van der Waals surface area contributed by atoms with Crippen LogP contribution in [0.3, 0.4) is 0 Å². The van der Waals surface area contributed by atoms with Gasteiger partial charge in [0.1, 0.15) is 0 Å². The van der Waals surface area contributed by atoms with Crippen molar-refractivity contribution < 1.29 is 9.59 Å². The molecule has 0 aromatic rings. The Morgan fingerprint density at radius 3 is 1.71 bits per heavy atom. The van der Waals surface area contributed by atoms with Gasteiger partial charge in [0.25, 0.3) is 0 Å². The first-order valence-electron chi connectivity index (χ1n) is 7.65. The fraction of sp³-hybridized carbons (Fsp3) is 0.857. The van der Waals surface area contributed by atoms with E-state index in [-0.39, 0.29) is 11.8 Å². The summed E-state index contributed by atoms with van der Waals surface area (Å²) in [6.07, 6.45) is 0.855. The lowest BCUT2D eigenvalue weighted by molar-refractivity contribution is -0.121. The molecule has 0 rings (SSSR count). The van der Waals surface area contributed by atoms with Crippen LogP contribution in [0.4, 0.5) is 0 Å². The number of hydrogen-bond acceptors (Lipinski definition) is 5. The van der Waals surface area contributed by atoms with Crippen LogP contribution in [-0.4, -0.2) is 62.5 Å². The van der Waals surface area contributed by atoms with Crippen LogP contribution in [0.25, 0.3) is 0 Å². The van der Waals surface area contributed by atoms with Gasteiger partial charge in [0.2, 0.25) is 11.8 Å². The third-order valence-electron chi connectivity index (χ3n) is 2.87. The zero-order valence-corrected chi connectivity index (χ0v) is 13.4. The van der Waals surface area contributed by atoms with Gasteiger partial charge in [-0.05, 0) is 5.92 Å². The molecule has 0 aromatic carbocycles. The summed E-state index contributed by atoms with van der Waals surface area (Å²) in [4.78, 5) is 25.3. The topological polar surface area (TPSA) is 113 Å². The van der Waals surface area contributed by atoms with Crippen LogP contribution < -0.4 is 22.1 Å². The van der Waals surface area contributed by atoms with Crippen LogP contribution in [0.2, 0.25) is 0 Å². The Bertz CT molecular complexity index is 273. The molecule has 7 nitrogen and oxygen atoms in total. The van der Waals surface area contributed by atoms with Gasteiger partial charge in [-0.15, -0.1) is 0 Å². The number of amides is 2. The van der Waals surface area contributed by atoms with Crippen LogP contribution in [-0.2, 0) is 9.59 Å². The number of carbonyl (C=O) groups excluding carboxylic acids is 2. The average molecular weight is 301 g/mol. The zero-order chi connectivity index (χ0) is 16.1. The second kappa shape index (κ2) is 12.6. The van der Waals surface area contributed by atoms with Gasteiger partial charge in [-0.25, -0.2) is 0 Å². The molecule has 0 aliphatic heterocycles. The molecule has 6 N–H and O–H groups in total. The van der Waals surface area contributed by atoms with Crippen molar-refractivity contribution >= 4 is 11.8 Å². The van der Waals surface area contributed by atoms with Crippen molar-refractivity contribution in [3.63, 3.8) is 0 Å². The van der Waals surface area contributed by atoms with Crippen LogP contribution >= 0.6 is 0 Å². The molecule has 0 aliphatic rings. The third-order valence-corrected chi connectivity index (χ3v) is 2.87. The van der Waals surface area contributed by atoms with Gasteiger partial charge in [-0.2, -0.15) is 0 Å². The largest absolute Gasteiger partial charge is 0.355 e. The van der Waals surface area contributed by atoms with E-state index >= 15 is 0 Å². The predicted molar refractivity (Wildman–Crippen MR) is 84.6 cm³/mol. The Labute approximate surface area is 127 Å². The quantitative estimate of drug-likeness (QED) is 0.364. The van der Waals surface area contributed by atoms with E-state index in [2.05, 4.69) is 29.4 Å². The van der Waals surface area contributed by atoms with Crippen molar-refractivity contribution in [3.8, 4) is 0 Å². The summed E-state index contributed by atoms with van der Waals surface area (Å²) in [6.45, 7) is 8.32. The van der Waals surface area contributed by atoms with E-state index in [1.54, 1.807) is 0 Å². The van der Waals surface area contributed by atoms with Crippen molar-refractivity contribution in [3.05, 3.63) is 0 Å². The van der Waals surface area contributed by atoms with Crippen LogP contribution in [0.1, 0.15) is 26.7 Å². The molecule has 2 amide bonds. The second-order valence-electron chi connectivity index (χ2n) is 5.47. The molecule has 0 aliphatic carbocycles. The Morgan fingerprint density at radius 2 is 1.38 bits per heavy atom. The van der Waals surface area contributed by atoms with Gasteiger partial charge in [0, 0.05) is 58.7 Å². The predicted octanol–water partition coefficient (Wildman–Crippen LogP) is -1.13. The molecule has 0 fully saturated rings. The van der Waals surface area contributed by atoms with Crippen molar-refractivity contribution in [2.75, 3.05) is 45.8 Å². The van der Waals surface area contributed by atoms with E-state index in [0.717, 1.165) is 6.54 Å². The maximum atomic E-state index is 11.6. The van der Waals surface area contributed by atoms with Crippen LogP contribution in [0.5, 0.6) is 0 Å². The smallest absolute Gasteiger partial charge is 0.221 e. The summed E-state index contributed by atoms with van der Waals surface area (Å²) in [7, 11) is 0. The summed E-state index contributed by atoms with van der Waals surface area (Å²) >= 11 is 0. The number of nitrogens with zero attached hydrogens (tertiary/aromatic N) is 1. The van der Waals surface area contributed by atoms with E-state index in [1.807, 2.05) is 0 Å². The Kier molecular flexibility index (Phi) is 11.8. The molecule has 0 spiro atoms. The zero-order valence-electron chi connectivity index (χ0n) is 13.4. The van der Waals surface area contributed by atoms with Gasteiger partial charge in [0.15, 0.2) is 0 Å². The Morgan fingerprint density at radius 1 is 0.952 bits per heavy atom. The normalized spacial score (nSPS) is 11.0. The lowest BCUT2D eigenvalue weighted by Crippen LogP contribution is -2.37. The van der Waals surface area contributed by atoms with E-state index in [0.29, 0.717) is 58.0 Å². The summed E-state index contributed by atoms with van der Waals surface area (Å²) in [5.74, 6) is 0.493. The Balaban J connectivity index is 4.07. The highest BCUT2D eigenvalue weighted by Crippen LogP contribution is 2.01. The van der Waals surface area contributed by atoms with Gasteiger partial charge in [0.05, 0.1) is 0 Å². The van der Waals surface area contributed by atoms with Crippen molar-refractivity contribution in [1.82, 2.24) is 15.5 Å². The first kappa shape index (κ1) is 19.8. The number of rotatable bonds is 12. The number of hydrogen-bond donors (Lipinski definition) is 4. The van der Waals surface area contributed by atoms with Gasteiger partial charge >= 0.3 is 0 Å². The highest BCUT2D eigenvalue weighted by molar-refractivity contribution is 5.76. The first-order chi connectivity index (χ1) is 9.99. The first-order valence-corrected chi connectivity index (χ1v) is 7.65. The lowest BCUT2D eigenvalue weighted by atomic mass is 10.2. The van der Waals surface area contributed by atoms with Crippen LogP contribution in [0.15, 0.2) is 0 Å². The number of nitrogens with one attached hydrogen (secondary N) is 2. The minimum atomic E-state index is 0.00166. The average Bonchev–Trinajstić information content (AvgIpc) is 2.45. The molecule has 124 valence electrons. The SMILES string of the molecule is CC(C)CN(CCC(=O)NCCN)CCC(=O)NCCN. The molecule has 0 bridgehead atoms. The van der Waals surface area contributed by atoms with E-state index in [4.69, 9.17) is 11.5 Å². The molecule has 0 radical (unpaired) electrons. The van der Waals surface area contributed by atoms with Crippen LogP contribution in [0, 0.1) is 5.92 Å². The van der Waals surface area contributed by atoms with E-state index in [1.165, 1.54) is 0 Å². The fourth-order valence-electron chi connectivity index (χ4n) is 1.93. The molecule has 0 heterocycles. The number of nitrogens with two attached hydrogens (primary N) is 2. The minimum Gasteiger partial charge on any atom is -0.355 e. The minimum absolute atomic E-state index is 0.00166. The number of carbonyl (C=O) groups is 2. The van der Waals surface area contributed by atoms with E-state index in [9.17, 15) is 9.59 Å². The third kappa shape index (κ3) is 12.3. The summed E-state index contributed by atoms with van der Waals surface area (Å²) in [5, 5.41) is 5.50.